The Hall–Kier alpha value is -4.26. The molecule has 3 aromatic carbocycles. The van der Waals surface area contributed by atoms with Gasteiger partial charge in [0, 0.05) is 16.7 Å². The fourth-order valence-electron chi connectivity index (χ4n) is 3.20. The fraction of sp³-hybridized carbons (Fsp3) is 0.0833. The van der Waals surface area contributed by atoms with E-state index >= 15 is 0 Å². The van der Waals surface area contributed by atoms with Crippen LogP contribution in [0.1, 0.15) is 27.5 Å². The van der Waals surface area contributed by atoms with Gasteiger partial charge in [0.2, 0.25) is 17.7 Å². The van der Waals surface area contributed by atoms with E-state index in [4.69, 9.17) is 10.2 Å². The van der Waals surface area contributed by atoms with Crippen LogP contribution in [0.5, 0.6) is 0 Å². The monoisotopic (exact) mass is 412 g/mol. The molecule has 7 nitrogen and oxygen atoms in total. The Morgan fingerprint density at radius 1 is 0.871 bits per heavy atom. The Labute approximate surface area is 178 Å². The summed E-state index contributed by atoms with van der Waals surface area (Å²) in [4.78, 5) is 24.5. The average molecular weight is 412 g/mol. The highest BCUT2D eigenvalue weighted by atomic mass is 16.4. The third-order valence-electron chi connectivity index (χ3n) is 4.89. The first kappa shape index (κ1) is 20.0. The van der Waals surface area contributed by atoms with Crippen LogP contribution in [0.2, 0.25) is 0 Å². The summed E-state index contributed by atoms with van der Waals surface area (Å²) in [6, 6.07) is 22.4. The zero-order valence-corrected chi connectivity index (χ0v) is 16.8. The maximum Gasteiger partial charge on any atom is 0.252 e. The number of amides is 2. The van der Waals surface area contributed by atoms with Crippen LogP contribution in [0.4, 0.5) is 0 Å². The zero-order chi connectivity index (χ0) is 21.8. The number of hydrogen-bond donors (Lipinski definition) is 2. The molecule has 4 aromatic rings. The summed E-state index contributed by atoms with van der Waals surface area (Å²) in [5, 5.41) is 10.9. The highest BCUT2D eigenvalue weighted by Crippen LogP contribution is 2.26. The summed E-state index contributed by atoms with van der Waals surface area (Å²) in [5.74, 6) is -0.261. The number of hydrogen-bond acceptors (Lipinski definition) is 5. The topological polar surface area (TPSA) is 111 Å². The third kappa shape index (κ3) is 4.35. The Bertz CT molecular complexity index is 1220. The minimum atomic E-state index is -0.916. The molecular weight excluding hydrogens is 392 g/mol. The van der Waals surface area contributed by atoms with Gasteiger partial charge in [-0.15, -0.1) is 10.2 Å². The molecule has 7 heteroatoms. The van der Waals surface area contributed by atoms with E-state index in [1.807, 2.05) is 37.3 Å². The minimum Gasteiger partial charge on any atom is -0.416 e. The van der Waals surface area contributed by atoms with Crippen LogP contribution in [0.25, 0.3) is 22.9 Å². The van der Waals surface area contributed by atoms with Gasteiger partial charge in [0.1, 0.15) is 6.04 Å². The van der Waals surface area contributed by atoms with Gasteiger partial charge in [-0.25, -0.2) is 0 Å². The van der Waals surface area contributed by atoms with Crippen molar-refractivity contribution in [2.24, 2.45) is 5.73 Å². The largest absolute Gasteiger partial charge is 0.416 e. The molecule has 154 valence electrons. The summed E-state index contributed by atoms with van der Waals surface area (Å²) in [7, 11) is 0. The van der Waals surface area contributed by atoms with Crippen molar-refractivity contribution in [3.05, 3.63) is 95.6 Å². The van der Waals surface area contributed by atoms with Gasteiger partial charge in [0.15, 0.2) is 0 Å². The van der Waals surface area contributed by atoms with Gasteiger partial charge in [-0.2, -0.15) is 0 Å². The summed E-state index contributed by atoms with van der Waals surface area (Å²) in [6.07, 6.45) is 0. The van der Waals surface area contributed by atoms with Crippen LogP contribution in [-0.4, -0.2) is 22.0 Å². The number of primary amides is 1. The summed E-state index contributed by atoms with van der Waals surface area (Å²) < 4.78 is 5.81. The van der Waals surface area contributed by atoms with Crippen LogP contribution in [0, 0.1) is 6.92 Å². The molecule has 0 saturated carbocycles. The molecule has 0 aliphatic heterocycles. The standard InChI is InChI=1S/C24H20N4O3/c1-15-7-5-6-10-19(15)24-28-27-23(31-24)18-13-11-17(12-14-18)22(30)26-20(21(25)29)16-8-3-2-4-9-16/h2-14,20H,1H3,(H2,25,29)(H,26,30)/t20-/m1/s1. The van der Waals surface area contributed by atoms with Crippen LogP contribution in [-0.2, 0) is 4.79 Å². The van der Waals surface area contributed by atoms with Crippen molar-refractivity contribution in [1.82, 2.24) is 15.5 Å². The predicted molar refractivity (Wildman–Crippen MR) is 116 cm³/mol. The van der Waals surface area contributed by atoms with E-state index < -0.39 is 17.9 Å². The van der Waals surface area contributed by atoms with Gasteiger partial charge >= 0.3 is 0 Å². The normalized spacial score (nSPS) is 11.6. The Balaban J connectivity index is 1.51. The van der Waals surface area contributed by atoms with Gasteiger partial charge in [0.05, 0.1) is 0 Å². The van der Waals surface area contributed by atoms with Crippen molar-refractivity contribution in [3.63, 3.8) is 0 Å². The maximum atomic E-state index is 12.6. The van der Waals surface area contributed by atoms with E-state index in [2.05, 4.69) is 15.5 Å². The highest BCUT2D eigenvalue weighted by Gasteiger charge is 2.21. The zero-order valence-electron chi connectivity index (χ0n) is 16.8. The molecule has 31 heavy (non-hydrogen) atoms. The molecule has 0 bridgehead atoms. The Morgan fingerprint density at radius 2 is 1.52 bits per heavy atom. The lowest BCUT2D eigenvalue weighted by Crippen LogP contribution is -2.37. The molecule has 0 aliphatic rings. The first-order valence-electron chi connectivity index (χ1n) is 9.68. The lowest BCUT2D eigenvalue weighted by molar-refractivity contribution is -0.120. The van der Waals surface area contributed by atoms with E-state index in [0.717, 1.165) is 11.1 Å². The number of nitrogens with one attached hydrogen (secondary N) is 1. The third-order valence-corrected chi connectivity index (χ3v) is 4.89. The molecule has 2 amide bonds. The van der Waals surface area contributed by atoms with E-state index in [1.165, 1.54) is 0 Å². The number of benzene rings is 3. The second-order valence-electron chi connectivity index (χ2n) is 7.02. The summed E-state index contributed by atoms with van der Waals surface area (Å²) in [6.45, 7) is 1.97. The molecule has 1 aromatic heterocycles. The first-order chi connectivity index (χ1) is 15.0. The van der Waals surface area contributed by atoms with Gasteiger partial charge in [-0.3, -0.25) is 9.59 Å². The number of carbonyl (C=O) groups excluding carboxylic acids is 2. The van der Waals surface area contributed by atoms with Crippen LogP contribution >= 0.6 is 0 Å². The highest BCUT2D eigenvalue weighted by molar-refractivity contribution is 5.97. The van der Waals surface area contributed by atoms with Crippen molar-refractivity contribution < 1.29 is 14.0 Å². The van der Waals surface area contributed by atoms with Crippen molar-refractivity contribution in [3.8, 4) is 22.9 Å². The number of nitrogens with two attached hydrogens (primary N) is 1. The number of nitrogens with zero attached hydrogens (tertiary/aromatic N) is 2. The SMILES string of the molecule is Cc1ccccc1-c1nnc(-c2ccc(C(=O)N[C@@H](C(N)=O)c3ccccc3)cc2)o1. The van der Waals surface area contributed by atoms with Crippen molar-refractivity contribution in [2.75, 3.05) is 0 Å². The number of aromatic nitrogens is 2. The van der Waals surface area contributed by atoms with Crippen molar-refractivity contribution in [1.29, 1.82) is 0 Å². The molecule has 0 saturated heterocycles. The molecule has 3 N–H and O–H groups in total. The van der Waals surface area contributed by atoms with E-state index in [1.54, 1.807) is 48.5 Å². The number of rotatable bonds is 6. The van der Waals surface area contributed by atoms with E-state index in [9.17, 15) is 9.59 Å². The molecule has 0 unspecified atom stereocenters. The minimum absolute atomic E-state index is 0.351. The molecular formula is C24H20N4O3. The first-order valence-corrected chi connectivity index (χ1v) is 9.68. The quantitative estimate of drug-likeness (QED) is 0.502. The summed E-state index contributed by atoms with van der Waals surface area (Å²) in [5.41, 5.74) is 9.06. The van der Waals surface area contributed by atoms with Crippen LogP contribution in [0.3, 0.4) is 0 Å². The maximum absolute atomic E-state index is 12.6. The average Bonchev–Trinajstić information content (AvgIpc) is 3.28. The van der Waals surface area contributed by atoms with Crippen LogP contribution in [0.15, 0.2) is 83.3 Å². The second-order valence-corrected chi connectivity index (χ2v) is 7.02. The van der Waals surface area contributed by atoms with E-state index in [0.29, 0.717) is 28.5 Å². The fourth-order valence-corrected chi connectivity index (χ4v) is 3.20. The molecule has 0 radical (unpaired) electrons. The molecule has 1 heterocycles. The van der Waals surface area contributed by atoms with Gasteiger partial charge < -0.3 is 15.5 Å². The Kier molecular flexibility index (Phi) is 5.57. The van der Waals surface area contributed by atoms with Crippen molar-refractivity contribution >= 4 is 11.8 Å². The lowest BCUT2D eigenvalue weighted by Gasteiger charge is -2.16. The number of carbonyl (C=O) groups is 2. The second kappa shape index (κ2) is 8.62. The van der Waals surface area contributed by atoms with Crippen molar-refractivity contribution in [2.45, 2.75) is 13.0 Å². The lowest BCUT2D eigenvalue weighted by atomic mass is 10.1. The predicted octanol–water partition coefficient (Wildman–Crippen LogP) is 3.67. The molecule has 1 atom stereocenters. The molecule has 0 aliphatic carbocycles. The molecule has 0 fully saturated rings. The number of aryl methyl sites for hydroxylation is 1. The van der Waals surface area contributed by atoms with E-state index in [-0.39, 0.29) is 0 Å². The van der Waals surface area contributed by atoms with Gasteiger partial charge in [-0.05, 0) is 48.4 Å². The van der Waals surface area contributed by atoms with Crippen LogP contribution < -0.4 is 11.1 Å². The molecule has 0 spiro atoms. The summed E-state index contributed by atoms with van der Waals surface area (Å²) >= 11 is 0. The molecule has 4 rings (SSSR count). The van der Waals surface area contributed by atoms with Gasteiger partial charge in [0.25, 0.3) is 5.91 Å². The van der Waals surface area contributed by atoms with Gasteiger partial charge in [-0.1, -0.05) is 48.5 Å². The Morgan fingerprint density at radius 3 is 2.19 bits per heavy atom. The smallest absolute Gasteiger partial charge is 0.252 e.